The molecule has 4 heteroatoms. The molecule has 0 radical (unpaired) electrons. The minimum absolute atomic E-state index is 0.153. The van der Waals surface area contributed by atoms with Crippen LogP contribution in [0.3, 0.4) is 0 Å². The van der Waals surface area contributed by atoms with Crippen LogP contribution < -0.4 is 4.74 Å². The lowest BCUT2D eigenvalue weighted by Gasteiger charge is -2.25. The lowest BCUT2D eigenvalue weighted by atomic mass is 9.98. The van der Waals surface area contributed by atoms with Crippen molar-refractivity contribution in [1.29, 1.82) is 0 Å². The number of para-hydroxylation sites is 1. The summed E-state index contributed by atoms with van der Waals surface area (Å²) in [5.74, 6) is 1.45. The minimum atomic E-state index is -0.705. The molecule has 2 rings (SSSR count). The van der Waals surface area contributed by atoms with E-state index in [-0.39, 0.29) is 5.91 Å². The van der Waals surface area contributed by atoms with E-state index in [1.807, 2.05) is 24.3 Å². The number of amides is 1. The number of β-amino-alcohol motifs (C(OH)–C–C–N with tert-alkyl or cyclic N) is 1. The van der Waals surface area contributed by atoms with Gasteiger partial charge in [-0.3, -0.25) is 4.79 Å². The maximum Gasteiger partial charge on any atom is 0.222 e. The largest absolute Gasteiger partial charge is 0.496 e. The average molecular weight is 291 g/mol. The van der Waals surface area contributed by atoms with Crippen molar-refractivity contribution in [2.45, 2.75) is 38.7 Å². The Morgan fingerprint density at radius 2 is 2.14 bits per heavy atom. The Morgan fingerprint density at radius 3 is 2.86 bits per heavy atom. The molecule has 0 spiro atoms. The Hall–Kier alpha value is -1.55. The zero-order valence-electron chi connectivity index (χ0n) is 12.9. The number of rotatable bonds is 5. The molecule has 1 aromatic carbocycles. The van der Waals surface area contributed by atoms with Crippen molar-refractivity contribution in [3.63, 3.8) is 0 Å². The van der Waals surface area contributed by atoms with Crippen LogP contribution in [0, 0.1) is 5.92 Å². The first-order valence-corrected chi connectivity index (χ1v) is 7.74. The zero-order chi connectivity index (χ0) is 15.2. The van der Waals surface area contributed by atoms with Gasteiger partial charge < -0.3 is 14.7 Å². The van der Waals surface area contributed by atoms with Gasteiger partial charge in [0.05, 0.1) is 13.7 Å². The van der Waals surface area contributed by atoms with Gasteiger partial charge in [0.15, 0.2) is 0 Å². The van der Waals surface area contributed by atoms with Crippen molar-refractivity contribution >= 4 is 5.91 Å². The molecule has 1 fully saturated rings. The van der Waals surface area contributed by atoms with Gasteiger partial charge in [-0.15, -0.1) is 0 Å². The first-order chi connectivity index (χ1) is 10.2. The molecule has 1 aliphatic heterocycles. The number of benzene rings is 1. The number of likely N-dealkylation sites (tertiary alicyclic amines) is 1. The summed E-state index contributed by atoms with van der Waals surface area (Å²) in [6, 6.07) is 7.42. The van der Waals surface area contributed by atoms with Gasteiger partial charge in [0.25, 0.3) is 0 Å². The fourth-order valence-corrected chi connectivity index (χ4v) is 2.94. The molecule has 4 nitrogen and oxygen atoms in total. The summed E-state index contributed by atoms with van der Waals surface area (Å²) in [5.41, 5.74) is 0.740. The van der Waals surface area contributed by atoms with Crippen molar-refractivity contribution in [3.05, 3.63) is 29.8 Å². The highest BCUT2D eigenvalue weighted by Gasteiger charge is 2.24. The number of hydrogen-bond acceptors (Lipinski definition) is 3. The van der Waals surface area contributed by atoms with E-state index in [1.54, 1.807) is 12.0 Å². The van der Waals surface area contributed by atoms with Gasteiger partial charge in [0.2, 0.25) is 5.91 Å². The summed E-state index contributed by atoms with van der Waals surface area (Å²) in [6.45, 7) is 3.26. The minimum Gasteiger partial charge on any atom is -0.496 e. The highest BCUT2D eigenvalue weighted by Crippen LogP contribution is 2.27. The van der Waals surface area contributed by atoms with Crippen molar-refractivity contribution in [3.8, 4) is 5.75 Å². The third-order valence-corrected chi connectivity index (χ3v) is 4.40. The summed E-state index contributed by atoms with van der Waals surface area (Å²) >= 11 is 0. The number of methoxy groups -OCH3 is 1. The maximum atomic E-state index is 12.2. The Labute approximate surface area is 126 Å². The lowest BCUT2D eigenvalue weighted by molar-refractivity contribution is -0.132. The Balaban J connectivity index is 2.04. The number of aliphatic hydroxyl groups excluding tert-OH is 1. The van der Waals surface area contributed by atoms with Crippen molar-refractivity contribution in [1.82, 2.24) is 4.90 Å². The molecule has 116 valence electrons. The second-order valence-electron chi connectivity index (χ2n) is 5.70. The second kappa shape index (κ2) is 7.46. The van der Waals surface area contributed by atoms with Gasteiger partial charge >= 0.3 is 0 Å². The highest BCUT2D eigenvalue weighted by molar-refractivity contribution is 5.76. The number of hydrogen-bond donors (Lipinski definition) is 1. The first kappa shape index (κ1) is 15.8. The van der Waals surface area contributed by atoms with Gasteiger partial charge in [0, 0.05) is 18.5 Å². The summed E-state index contributed by atoms with van der Waals surface area (Å²) < 4.78 is 5.28. The monoisotopic (exact) mass is 291 g/mol. The van der Waals surface area contributed by atoms with E-state index in [0.29, 0.717) is 24.6 Å². The predicted octanol–water partition coefficient (Wildman–Crippen LogP) is 2.77. The Bertz CT molecular complexity index is 475. The number of ether oxygens (including phenoxy) is 1. The van der Waals surface area contributed by atoms with E-state index in [2.05, 4.69) is 6.92 Å². The zero-order valence-corrected chi connectivity index (χ0v) is 12.9. The summed E-state index contributed by atoms with van der Waals surface area (Å²) in [5, 5.41) is 10.4. The van der Waals surface area contributed by atoms with Crippen LogP contribution in [0.4, 0.5) is 0 Å². The molecule has 1 aliphatic rings. The van der Waals surface area contributed by atoms with Crippen molar-refractivity contribution < 1.29 is 14.6 Å². The van der Waals surface area contributed by atoms with Crippen molar-refractivity contribution in [2.24, 2.45) is 5.92 Å². The van der Waals surface area contributed by atoms with Gasteiger partial charge in [-0.1, -0.05) is 31.5 Å². The number of aliphatic hydroxyl groups is 1. The first-order valence-electron chi connectivity index (χ1n) is 7.74. The molecule has 1 aromatic rings. The van der Waals surface area contributed by atoms with Crippen LogP contribution in [-0.2, 0) is 4.79 Å². The van der Waals surface area contributed by atoms with E-state index in [9.17, 15) is 9.90 Å². The summed E-state index contributed by atoms with van der Waals surface area (Å²) in [6.07, 6.45) is 3.01. The predicted molar refractivity (Wildman–Crippen MR) is 82.2 cm³/mol. The van der Waals surface area contributed by atoms with Gasteiger partial charge in [0.1, 0.15) is 11.9 Å². The van der Waals surface area contributed by atoms with Crippen LogP contribution in [-0.4, -0.2) is 36.1 Å². The molecule has 2 unspecified atom stereocenters. The Kier molecular flexibility index (Phi) is 5.62. The second-order valence-corrected chi connectivity index (χ2v) is 5.70. The number of nitrogens with zero attached hydrogens (tertiary/aromatic N) is 1. The Morgan fingerprint density at radius 1 is 1.38 bits per heavy atom. The van der Waals surface area contributed by atoms with Crippen LogP contribution >= 0.6 is 0 Å². The molecule has 1 N–H and O–H groups in total. The fourth-order valence-electron chi connectivity index (χ4n) is 2.94. The molecular weight excluding hydrogens is 266 g/mol. The van der Waals surface area contributed by atoms with E-state index in [0.717, 1.165) is 31.4 Å². The molecule has 21 heavy (non-hydrogen) atoms. The van der Waals surface area contributed by atoms with Crippen LogP contribution in [0.5, 0.6) is 5.75 Å². The lowest BCUT2D eigenvalue weighted by Crippen LogP contribution is -2.34. The molecular formula is C17H25NO3. The fraction of sp³-hybridized carbons (Fsp3) is 0.588. The normalized spacial score (nSPS) is 21.0. The molecule has 1 saturated heterocycles. The van der Waals surface area contributed by atoms with Gasteiger partial charge in [-0.05, 0) is 24.8 Å². The summed E-state index contributed by atoms with van der Waals surface area (Å²) in [7, 11) is 1.59. The molecule has 0 aliphatic carbocycles. The van der Waals surface area contributed by atoms with Crippen LogP contribution in [0.2, 0.25) is 0 Å². The average Bonchev–Trinajstić information content (AvgIpc) is 2.69. The third kappa shape index (κ3) is 3.97. The van der Waals surface area contributed by atoms with Gasteiger partial charge in [-0.25, -0.2) is 0 Å². The van der Waals surface area contributed by atoms with E-state index < -0.39 is 6.10 Å². The molecule has 1 heterocycles. The van der Waals surface area contributed by atoms with E-state index in [4.69, 9.17) is 4.74 Å². The molecule has 2 atom stereocenters. The quantitative estimate of drug-likeness (QED) is 0.907. The number of carbonyl (C=O) groups is 1. The smallest absolute Gasteiger partial charge is 0.222 e. The molecule has 0 bridgehead atoms. The standard InChI is InChI=1S/C17H25NO3/c1-3-13-8-9-17(20)18(11-10-13)12-15(19)14-6-4-5-7-16(14)21-2/h4-7,13,15,19H,3,8-12H2,1-2H3. The van der Waals surface area contributed by atoms with E-state index in [1.165, 1.54) is 0 Å². The van der Waals surface area contributed by atoms with Crippen LogP contribution in [0.15, 0.2) is 24.3 Å². The SMILES string of the molecule is CCC1CCC(=O)N(CC(O)c2ccccc2OC)CC1. The molecule has 0 saturated carbocycles. The summed E-state index contributed by atoms with van der Waals surface area (Å²) in [4.78, 5) is 14.0. The third-order valence-electron chi connectivity index (χ3n) is 4.40. The van der Waals surface area contributed by atoms with Crippen molar-refractivity contribution in [2.75, 3.05) is 20.2 Å². The molecule has 0 aromatic heterocycles. The van der Waals surface area contributed by atoms with Crippen LogP contribution in [0.25, 0.3) is 0 Å². The van der Waals surface area contributed by atoms with E-state index >= 15 is 0 Å². The number of carbonyl (C=O) groups excluding carboxylic acids is 1. The van der Waals surface area contributed by atoms with Gasteiger partial charge in [-0.2, -0.15) is 0 Å². The topological polar surface area (TPSA) is 49.8 Å². The van der Waals surface area contributed by atoms with Crippen LogP contribution in [0.1, 0.15) is 44.3 Å². The highest BCUT2D eigenvalue weighted by atomic mass is 16.5. The maximum absolute atomic E-state index is 12.2. The molecule has 1 amide bonds.